The number of nitrogens with zero attached hydrogens (tertiary/aromatic N) is 3. The Morgan fingerprint density at radius 3 is 2.79 bits per heavy atom. The van der Waals surface area contributed by atoms with Crippen molar-refractivity contribution in [2.45, 2.75) is 52.0 Å². The molecule has 6 nitrogen and oxygen atoms in total. The summed E-state index contributed by atoms with van der Waals surface area (Å²) in [7, 11) is 0. The van der Waals surface area contributed by atoms with Gasteiger partial charge in [0.15, 0.2) is 0 Å². The fourth-order valence-corrected chi connectivity index (χ4v) is 5.25. The lowest BCUT2D eigenvalue weighted by molar-refractivity contribution is -0.150. The first-order valence-electron chi connectivity index (χ1n) is 10.7. The van der Waals surface area contributed by atoms with Gasteiger partial charge in [0, 0.05) is 55.8 Å². The fraction of sp³-hybridized carbons (Fsp3) is 0.682. The predicted octanol–water partition coefficient (Wildman–Crippen LogP) is 2.20. The summed E-state index contributed by atoms with van der Waals surface area (Å²) in [6.45, 7) is 7.01. The van der Waals surface area contributed by atoms with E-state index in [-0.39, 0.29) is 16.7 Å². The number of carbonyl (C=O) groups is 2. The Balaban J connectivity index is 1.46. The number of likely N-dealkylation sites (tertiary alicyclic amines) is 2. The number of amides is 2. The average molecular weight is 385 g/mol. The molecule has 2 amide bonds. The van der Waals surface area contributed by atoms with Gasteiger partial charge in [0.05, 0.1) is 0 Å². The highest BCUT2D eigenvalue weighted by Gasteiger charge is 2.45. The van der Waals surface area contributed by atoms with Crippen LogP contribution in [0.15, 0.2) is 24.5 Å². The third kappa shape index (κ3) is 3.93. The molecule has 1 atom stereocenters. The van der Waals surface area contributed by atoms with Crippen LogP contribution in [-0.4, -0.2) is 59.3 Å². The van der Waals surface area contributed by atoms with Crippen molar-refractivity contribution >= 4 is 11.8 Å². The molecule has 0 aliphatic carbocycles. The molecule has 4 heterocycles. The molecule has 1 N–H and O–H groups in total. The zero-order chi connectivity index (χ0) is 19.6. The smallest absolute Gasteiger partial charge is 0.228 e. The highest BCUT2D eigenvalue weighted by molar-refractivity contribution is 5.83. The van der Waals surface area contributed by atoms with Gasteiger partial charge in [-0.2, -0.15) is 0 Å². The van der Waals surface area contributed by atoms with E-state index in [1.165, 1.54) is 0 Å². The Bertz CT molecular complexity index is 717. The van der Waals surface area contributed by atoms with Gasteiger partial charge in [-0.25, -0.2) is 0 Å². The monoisotopic (exact) mass is 384 g/mol. The summed E-state index contributed by atoms with van der Waals surface area (Å²) in [6.07, 6.45) is 9.06. The van der Waals surface area contributed by atoms with E-state index >= 15 is 0 Å². The van der Waals surface area contributed by atoms with Crippen molar-refractivity contribution in [2.75, 3.05) is 32.7 Å². The van der Waals surface area contributed by atoms with Crippen molar-refractivity contribution < 1.29 is 9.59 Å². The third-order valence-electron chi connectivity index (χ3n) is 7.02. The van der Waals surface area contributed by atoms with Gasteiger partial charge in [-0.3, -0.25) is 14.6 Å². The molecule has 1 aromatic heterocycles. The van der Waals surface area contributed by atoms with Gasteiger partial charge >= 0.3 is 0 Å². The number of hydrogen-bond acceptors (Lipinski definition) is 4. The normalized spacial score (nSPS) is 27.8. The number of piperidine rings is 3. The zero-order valence-corrected chi connectivity index (χ0v) is 17.0. The molecule has 1 spiro atoms. The summed E-state index contributed by atoms with van der Waals surface area (Å²) in [6, 6.07) is 3.94. The average Bonchev–Trinajstić information content (AvgIpc) is 2.72. The first-order valence-corrected chi connectivity index (χ1v) is 10.7. The van der Waals surface area contributed by atoms with Crippen molar-refractivity contribution in [1.29, 1.82) is 0 Å². The molecular weight excluding hydrogens is 352 g/mol. The van der Waals surface area contributed by atoms with Crippen LogP contribution in [0.3, 0.4) is 0 Å². The van der Waals surface area contributed by atoms with Crippen LogP contribution in [0.4, 0.5) is 0 Å². The fourth-order valence-electron chi connectivity index (χ4n) is 5.25. The molecule has 0 radical (unpaired) electrons. The molecule has 1 unspecified atom stereocenters. The van der Waals surface area contributed by atoms with E-state index in [0.717, 1.165) is 70.4 Å². The van der Waals surface area contributed by atoms with Crippen LogP contribution in [0.5, 0.6) is 0 Å². The zero-order valence-electron chi connectivity index (χ0n) is 17.0. The largest absolute Gasteiger partial charge is 0.342 e. The summed E-state index contributed by atoms with van der Waals surface area (Å²) in [5.41, 5.74) is 0.885. The Kier molecular flexibility index (Phi) is 5.41. The van der Waals surface area contributed by atoms with E-state index < -0.39 is 0 Å². The van der Waals surface area contributed by atoms with Crippen LogP contribution in [0.2, 0.25) is 0 Å². The summed E-state index contributed by atoms with van der Waals surface area (Å²) in [4.78, 5) is 34.2. The number of pyridine rings is 1. The maximum absolute atomic E-state index is 13.3. The number of hydrogen-bond donors (Lipinski definition) is 1. The molecule has 0 aromatic carbocycles. The Morgan fingerprint density at radius 2 is 2.04 bits per heavy atom. The number of aromatic nitrogens is 1. The summed E-state index contributed by atoms with van der Waals surface area (Å²) in [5, 5.41) is 3.37. The first-order chi connectivity index (χ1) is 13.5. The summed E-state index contributed by atoms with van der Waals surface area (Å²) < 4.78 is 0. The van der Waals surface area contributed by atoms with Gasteiger partial charge < -0.3 is 15.1 Å². The molecule has 152 valence electrons. The van der Waals surface area contributed by atoms with Crippen molar-refractivity contribution in [2.24, 2.45) is 10.8 Å². The van der Waals surface area contributed by atoms with Crippen LogP contribution >= 0.6 is 0 Å². The van der Waals surface area contributed by atoms with Gasteiger partial charge in [-0.15, -0.1) is 0 Å². The van der Waals surface area contributed by atoms with E-state index in [9.17, 15) is 9.59 Å². The molecule has 3 aliphatic rings. The molecule has 1 aromatic rings. The van der Waals surface area contributed by atoms with Gasteiger partial charge in [-0.1, -0.05) is 13.0 Å². The number of carbonyl (C=O) groups excluding carboxylic acids is 2. The third-order valence-corrected chi connectivity index (χ3v) is 7.02. The molecule has 3 fully saturated rings. The Hall–Kier alpha value is -1.95. The van der Waals surface area contributed by atoms with Crippen molar-refractivity contribution in [3.05, 3.63) is 30.1 Å². The van der Waals surface area contributed by atoms with Crippen LogP contribution < -0.4 is 5.32 Å². The second-order valence-electron chi connectivity index (χ2n) is 9.25. The van der Waals surface area contributed by atoms with Crippen molar-refractivity contribution in [3.63, 3.8) is 0 Å². The predicted molar refractivity (Wildman–Crippen MR) is 107 cm³/mol. The molecule has 0 bridgehead atoms. The molecule has 6 heteroatoms. The van der Waals surface area contributed by atoms with E-state index in [2.05, 4.69) is 22.1 Å². The second kappa shape index (κ2) is 7.82. The molecule has 0 saturated carbocycles. The Labute approximate surface area is 167 Å². The van der Waals surface area contributed by atoms with Gasteiger partial charge in [0.2, 0.25) is 11.8 Å². The SMILES string of the molecule is CC1(C(=O)N2CCCC3(CCC(=O)N(Cc4cccnc4)C3)C2)CCNCC1. The lowest BCUT2D eigenvalue weighted by Crippen LogP contribution is -2.57. The van der Waals surface area contributed by atoms with E-state index in [0.29, 0.717) is 18.9 Å². The maximum Gasteiger partial charge on any atom is 0.228 e. The molecule has 3 saturated heterocycles. The van der Waals surface area contributed by atoms with E-state index in [1.54, 1.807) is 6.20 Å². The Morgan fingerprint density at radius 1 is 1.21 bits per heavy atom. The lowest BCUT2D eigenvalue weighted by atomic mass is 9.72. The van der Waals surface area contributed by atoms with E-state index in [4.69, 9.17) is 0 Å². The molecule has 28 heavy (non-hydrogen) atoms. The highest BCUT2D eigenvalue weighted by atomic mass is 16.2. The highest BCUT2D eigenvalue weighted by Crippen LogP contribution is 2.41. The summed E-state index contributed by atoms with van der Waals surface area (Å²) >= 11 is 0. The minimum absolute atomic E-state index is 0.0489. The van der Waals surface area contributed by atoms with Crippen LogP contribution in [0.1, 0.15) is 51.0 Å². The quantitative estimate of drug-likeness (QED) is 0.868. The van der Waals surface area contributed by atoms with Gasteiger partial charge in [-0.05, 0) is 56.8 Å². The first kappa shape index (κ1) is 19.4. The molecular formula is C22H32N4O2. The van der Waals surface area contributed by atoms with Crippen molar-refractivity contribution in [1.82, 2.24) is 20.1 Å². The van der Waals surface area contributed by atoms with Crippen molar-refractivity contribution in [3.8, 4) is 0 Å². The number of nitrogens with one attached hydrogen (secondary N) is 1. The van der Waals surface area contributed by atoms with Gasteiger partial charge in [0.1, 0.15) is 0 Å². The number of rotatable bonds is 3. The second-order valence-corrected chi connectivity index (χ2v) is 9.25. The maximum atomic E-state index is 13.3. The van der Waals surface area contributed by atoms with Crippen LogP contribution in [-0.2, 0) is 16.1 Å². The lowest BCUT2D eigenvalue weighted by Gasteiger charge is -2.50. The standard InChI is InChI=1S/C22H32N4O2/c1-21(8-11-23-12-9-21)20(28)25-13-3-6-22(16-25)7-5-19(27)26(17-22)15-18-4-2-10-24-14-18/h2,4,10,14,23H,3,5-9,11-13,15-17H2,1H3. The molecule has 4 rings (SSSR count). The minimum atomic E-state index is -0.232. The minimum Gasteiger partial charge on any atom is -0.342 e. The van der Waals surface area contributed by atoms with Gasteiger partial charge in [0.25, 0.3) is 0 Å². The van der Waals surface area contributed by atoms with E-state index in [1.807, 2.05) is 23.2 Å². The topological polar surface area (TPSA) is 65.5 Å². The van der Waals surface area contributed by atoms with Crippen LogP contribution in [0, 0.1) is 10.8 Å². The summed E-state index contributed by atoms with van der Waals surface area (Å²) in [5.74, 6) is 0.548. The van der Waals surface area contributed by atoms with Crippen LogP contribution in [0.25, 0.3) is 0 Å². The molecule has 3 aliphatic heterocycles.